The highest BCUT2D eigenvalue weighted by Gasteiger charge is 2.55. The van der Waals surface area contributed by atoms with Gasteiger partial charge in [0.1, 0.15) is 40.9 Å². The summed E-state index contributed by atoms with van der Waals surface area (Å²) in [7, 11) is 1.65. The summed E-state index contributed by atoms with van der Waals surface area (Å²) in [5.41, 5.74) is 2.51. The number of ether oxygens (including phenoxy) is 4. The van der Waals surface area contributed by atoms with Gasteiger partial charge < -0.3 is 24.1 Å². The van der Waals surface area contributed by atoms with Crippen LogP contribution in [-0.2, 0) is 20.0 Å². The summed E-state index contributed by atoms with van der Waals surface area (Å²) in [4.78, 5) is 13.4. The zero-order valence-electron chi connectivity index (χ0n) is 17.5. The molecule has 0 radical (unpaired) electrons. The molecule has 0 saturated carbocycles. The molecule has 0 aliphatic carbocycles. The van der Waals surface area contributed by atoms with Gasteiger partial charge in [-0.25, -0.2) is 15.0 Å². The van der Waals surface area contributed by atoms with Gasteiger partial charge in [0, 0.05) is 5.75 Å². The number of aliphatic hydroxyl groups excluding tert-OH is 1. The summed E-state index contributed by atoms with van der Waals surface area (Å²) >= 11 is 1.59. The molecule has 4 atom stereocenters. The number of hydrogen-bond acceptors (Lipinski definition) is 9. The first-order valence-electron chi connectivity index (χ1n) is 10.0. The lowest BCUT2D eigenvalue weighted by atomic mass is 10.1. The molecule has 4 heterocycles. The number of aliphatic hydroxyl groups is 1. The fraction of sp³-hybridized carbons (Fsp3) is 0.476. The second-order valence-corrected chi connectivity index (χ2v) is 8.92. The molecule has 0 bridgehead atoms. The van der Waals surface area contributed by atoms with E-state index in [1.807, 2.05) is 42.7 Å². The van der Waals surface area contributed by atoms with Gasteiger partial charge in [-0.1, -0.05) is 23.9 Å². The lowest BCUT2D eigenvalue weighted by molar-refractivity contribution is -0.199. The van der Waals surface area contributed by atoms with E-state index < -0.39 is 18.1 Å². The first kappa shape index (κ1) is 20.7. The molecule has 2 fully saturated rings. The first-order valence-corrected chi connectivity index (χ1v) is 11.0. The van der Waals surface area contributed by atoms with Gasteiger partial charge in [0.05, 0.1) is 20.0 Å². The molecule has 2 aliphatic rings. The van der Waals surface area contributed by atoms with Crippen molar-refractivity contribution in [3.05, 3.63) is 42.5 Å². The van der Waals surface area contributed by atoms with E-state index in [-0.39, 0.29) is 18.8 Å². The fourth-order valence-electron chi connectivity index (χ4n) is 4.03. The van der Waals surface area contributed by atoms with Crippen molar-refractivity contribution < 1.29 is 24.1 Å². The summed E-state index contributed by atoms with van der Waals surface area (Å²) in [5.74, 6) is 0.829. The van der Waals surface area contributed by atoms with E-state index in [9.17, 15) is 5.11 Å². The second kappa shape index (κ2) is 8.03. The second-order valence-electron chi connectivity index (χ2n) is 7.95. The number of imidazole rings is 1. The van der Waals surface area contributed by atoms with E-state index in [1.165, 1.54) is 6.33 Å². The smallest absolute Gasteiger partial charge is 0.166 e. The van der Waals surface area contributed by atoms with Crippen LogP contribution in [-0.4, -0.2) is 62.4 Å². The third-order valence-corrected chi connectivity index (χ3v) is 6.49. The molecule has 3 aromatic rings. The van der Waals surface area contributed by atoms with Crippen molar-refractivity contribution >= 4 is 22.9 Å². The van der Waals surface area contributed by atoms with E-state index in [4.69, 9.17) is 18.9 Å². The average Bonchev–Trinajstić information content (AvgIpc) is 3.43. The Hall–Kier alpha value is -2.24. The molecule has 10 heteroatoms. The normalized spacial score (nSPS) is 27.0. The van der Waals surface area contributed by atoms with Crippen molar-refractivity contribution in [2.75, 3.05) is 13.7 Å². The highest BCUT2D eigenvalue weighted by atomic mass is 32.2. The van der Waals surface area contributed by atoms with Gasteiger partial charge in [0.15, 0.2) is 17.7 Å². The van der Waals surface area contributed by atoms with Crippen LogP contribution in [0, 0.1) is 0 Å². The van der Waals surface area contributed by atoms with Gasteiger partial charge in [-0.2, -0.15) is 0 Å². The van der Waals surface area contributed by atoms with Crippen LogP contribution in [0.15, 0.2) is 41.9 Å². The van der Waals surface area contributed by atoms with E-state index in [2.05, 4.69) is 15.0 Å². The van der Waals surface area contributed by atoms with Crippen LogP contribution in [0.2, 0.25) is 0 Å². The SMILES string of the molecule is COc1ccc(CSc2ncnc3c2ncn3[C@@H]2O[C@H](CO)C3OC(C)(C)OC32)cc1. The maximum atomic E-state index is 9.74. The Morgan fingerprint density at radius 2 is 1.90 bits per heavy atom. The van der Waals surface area contributed by atoms with E-state index in [0.717, 1.165) is 22.1 Å². The molecule has 0 spiro atoms. The van der Waals surface area contributed by atoms with Gasteiger partial charge in [-0.05, 0) is 31.5 Å². The van der Waals surface area contributed by atoms with Crippen LogP contribution in [0.1, 0.15) is 25.6 Å². The Balaban J connectivity index is 1.40. The summed E-state index contributed by atoms with van der Waals surface area (Å²) in [6, 6.07) is 7.95. The molecule has 31 heavy (non-hydrogen) atoms. The van der Waals surface area contributed by atoms with E-state index in [1.54, 1.807) is 25.2 Å². The van der Waals surface area contributed by atoms with E-state index >= 15 is 0 Å². The molecular formula is C21H24N4O5S. The molecule has 9 nitrogen and oxygen atoms in total. The maximum Gasteiger partial charge on any atom is 0.166 e. The van der Waals surface area contributed by atoms with E-state index in [0.29, 0.717) is 11.2 Å². The topological polar surface area (TPSA) is 101 Å². The Bertz CT molecular complexity index is 1070. The molecule has 2 unspecified atom stereocenters. The standard InChI is InChI=1S/C21H24N4O5S/c1-21(2)29-16-14(8-26)28-20(17(16)30-21)25-11-24-15-18(25)22-10-23-19(15)31-9-12-4-6-13(27-3)7-5-12/h4-7,10-11,14,16-17,20,26H,8-9H2,1-3H3/t14-,16?,17?,20-/m1/s1. The van der Waals surface area contributed by atoms with Gasteiger partial charge in [-0.15, -0.1) is 0 Å². The number of nitrogens with zero attached hydrogens (tertiary/aromatic N) is 4. The number of benzene rings is 1. The van der Waals surface area contributed by atoms with Crippen LogP contribution >= 0.6 is 11.8 Å². The number of thioether (sulfide) groups is 1. The van der Waals surface area contributed by atoms with Crippen LogP contribution in [0.5, 0.6) is 5.75 Å². The number of fused-ring (bicyclic) bond motifs is 2. The number of rotatable bonds is 6. The lowest BCUT2D eigenvalue weighted by Crippen LogP contribution is -2.31. The maximum absolute atomic E-state index is 9.74. The molecule has 1 aromatic carbocycles. The highest BCUT2D eigenvalue weighted by Crippen LogP contribution is 2.43. The van der Waals surface area contributed by atoms with Crippen molar-refractivity contribution in [3.8, 4) is 5.75 Å². The summed E-state index contributed by atoms with van der Waals surface area (Å²) in [6.07, 6.45) is 1.53. The van der Waals surface area contributed by atoms with Gasteiger partial charge >= 0.3 is 0 Å². The Kier molecular flexibility index (Phi) is 5.35. The molecular weight excluding hydrogens is 420 g/mol. The monoisotopic (exact) mass is 444 g/mol. The van der Waals surface area contributed by atoms with Crippen molar-refractivity contribution in [3.63, 3.8) is 0 Å². The van der Waals surface area contributed by atoms with Gasteiger partial charge in [-0.3, -0.25) is 4.57 Å². The number of hydrogen-bond donors (Lipinski definition) is 1. The third-order valence-electron chi connectivity index (χ3n) is 5.44. The lowest BCUT2D eigenvalue weighted by Gasteiger charge is -2.24. The average molecular weight is 445 g/mol. The zero-order valence-corrected chi connectivity index (χ0v) is 18.3. The quantitative estimate of drug-likeness (QED) is 0.454. The van der Waals surface area contributed by atoms with Crippen molar-refractivity contribution in [2.45, 2.75) is 55.0 Å². The Morgan fingerprint density at radius 1 is 1.13 bits per heavy atom. The zero-order chi connectivity index (χ0) is 21.6. The summed E-state index contributed by atoms with van der Waals surface area (Å²) in [6.45, 7) is 3.57. The summed E-state index contributed by atoms with van der Waals surface area (Å²) < 4.78 is 25.1. The minimum Gasteiger partial charge on any atom is -0.497 e. The Morgan fingerprint density at radius 3 is 2.65 bits per heavy atom. The predicted octanol–water partition coefficient (Wildman–Crippen LogP) is 2.54. The predicted molar refractivity (Wildman–Crippen MR) is 113 cm³/mol. The third kappa shape index (κ3) is 3.79. The largest absolute Gasteiger partial charge is 0.497 e. The van der Waals surface area contributed by atoms with Gasteiger partial charge in [0.2, 0.25) is 0 Å². The molecule has 2 aliphatic heterocycles. The summed E-state index contributed by atoms with van der Waals surface area (Å²) in [5, 5.41) is 10.5. The molecule has 2 aromatic heterocycles. The number of aromatic nitrogens is 4. The van der Waals surface area contributed by atoms with Crippen molar-refractivity contribution in [2.24, 2.45) is 0 Å². The molecule has 2 saturated heterocycles. The van der Waals surface area contributed by atoms with Crippen LogP contribution in [0.3, 0.4) is 0 Å². The number of methoxy groups -OCH3 is 1. The van der Waals surface area contributed by atoms with Crippen LogP contribution in [0.25, 0.3) is 11.2 Å². The molecule has 5 rings (SSSR count). The van der Waals surface area contributed by atoms with Crippen molar-refractivity contribution in [1.29, 1.82) is 0 Å². The Labute approximate surface area is 183 Å². The highest BCUT2D eigenvalue weighted by molar-refractivity contribution is 7.98. The molecule has 1 N–H and O–H groups in total. The van der Waals surface area contributed by atoms with Gasteiger partial charge in [0.25, 0.3) is 0 Å². The minimum absolute atomic E-state index is 0.151. The first-order chi connectivity index (χ1) is 15.0. The fourth-order valence-corrected chi connectivity index (χ4v) is 4.92. The van der Waals surface area contributed by atoms with Crippen LogP contribution < -0.4 is 4.74 Å². The molecule has 0 amide bonds. The van der Waals surface area contributed by atoms with Crippen LogP contribution in [0.4, 0.5) is 0 Å². The molecule has 164 valence electrons. The minimum atomic E-state index is -0.741. The van der Waals surface area contributed by atoms with Crippen molar-refractivity contribution in [1.82, 2.24) is 19.5 Å².